The molecule has 2 aliphatic carbocycles. The summed E-state index contributed by atoms with van der Waals surface area (Å²) < 4.78 is 23.3. The van der Waals surface area contributed by atoms with Gasteiger partial charge in [-0.1, -0.05) is 18.6 Å². The summed E-state index contributed by atoms with van der Waals surface area (Å²) in [6, 6.07) is 0. The Morgan fingerprint density at radius 3 is 2.74 bits per heavy atom. The van der Waals surface area contributed by atoms with Crippen LogP contribution in [0.2, 0.25) is 0 Å². The van der Waals surface area contributed by atoms with Crippen molar-refractivity contribution in [3.8, 4) is 0 Å². The first kappa shape index (κ1) is 19.2. The molecular formula is C19H25ClO7. The van der Waals surface area contributed by atoms with Gasteiger partial charge in [0.2, 0.25) is 0 Å². The van der Waals surface area contributed by atoms with E-state index in [4.69, 9.17) is 30.5 Å². The fourth-order valence-electron chi connectivity index (χ4n) is 5.59. The van der Waals surface area contributed by atoms with Gasteiger partial charge in [0.05, 0.1) is 18.1 Å². The highest BCUT2D eigenvalue weighted by Gasteiger charge is 2.85. The Hall–Kier alpha value is -1.15. The monoisotopic (exact) mass is 400 g/mol. The smallest absolute Gasteiger partial charge is 0.321 e. The molecule has 0 unspecified atom stereocenters. The Morgan fingerprint density at radius 1 is 1.44 bits per heavy atom. The van der Waals surface area contributed by atoms with Crippen LogP contribution in [0.25, 0.3) is 0 Å². The lowest BCUT2D eigenvalue weighted by molar-refractivity contribution is -0.233. The van der Waals surface area contributed by atoms with Crippen LogP contribution >= 0.6 is 11.6 Å². The number of aliphatic hydroxyl groups excluding tert-OH is 1. The third-order valence-electron chi connectivity index (χ3n) is 7.16. The Balaban J connectivity index is 1.84. The molecule has 0 aromatic carbocycles. The van der Waals surface area contributed by atoms with Crippen LogP contribution in [-0.4, -0.2) is 66.2 Å². The summed E-state index contributed by atoms with van der Waals surface area (Å²) >= 11 is 5.65. The van der Waals surface area contributed by atoms with E-state index >= 15 is 0 Å². The molecule has 4 aliphatic rings. The molecular weight excluding hydrogens is 376 g/mol. The predicted molar refractivity (Wildman–Crippen MR) is 94.1 cm³/mol. The van der Waals surface area contributed by atoms with Crippen LogP contribution in [-0.2, 0) is 28.5 Å². The summed E-state index contributed by atoms with van der Waals surface area (Å²) in [6.45, 7) is 5.86. The van der Waals surface area contributed by atoms with Gasteiger partial charge in [-0.3, -0.25) is 9.59 Å². The van der Waals surface area contributed by atoms with E-state index in [2.05, 4.69) is 0 Å². The van der Waals surface area contributed by atoms with Crippen LogP contribution in [0.5, 0.6) is 0 Å². The van der Waals surface area contributed by atoms with Crippen molar-refractivity contribution in [2.24, 2.45) is 10.8 Å². The highest BCUT2D eigenvalue weighted by molar-refractivity contribution is 6.26. The maximum Gasteiger partial charge on any atom is 0.321 e. The number of ether oxygens (including phenoxy) is 4. The van der Waals surface area contributed by atoms with E-state index in [9.17, 15) is 14.7 Å². The number of hydrogen-bond donors (Lipinski definition) is 1. The SMILES string of the molecule is CC(=O)OC[C@@]12CCC(C)=C[C@@H]1O[C@H]1[C@@H](O)[C@@H](OC(=O)CCl)[C@]2(C)[C@@]12CO2. The minimum absolute atomic E-state index is 0.104. The van der Waals surface area contributed by atoms with Crippen LogP contribution in [0.3, 0.4) is 0 Å². The van der Waals surface area contributed by atoms with Gasteiger partial charge in [0.25, 0.3) is 0 Å². The first-order valence-corrected chi connectivity index (χ1v) is 9.79. The Bertz CT molecular complexity index is 702. The number of esters is 2. The highest BCUT2D eigenvalue weighted by atomic mass is 35.5. The molecule has 3 fully saturated rings. The van der Waals surface area contributed by atoms with Gasteiger partial charge >= 0.3 is 11.9 Å². The largest absolute Gasteiger partial charge is 0.465 e. The molecule has 8 heteroatoms. The Morgan fingerprint density at radius 2 is 2.15 bits per heavy atom. The predicted octanol–water partition coefficient (Wildman–Crippen LogP) is 1.34. The number of carbonyl (C=O) groups is 2. The minimum Gasteiger partial charge on any atom is -0.465 e. The fraction of sp³-hybridized carbons (Fsp3) is 0.789. The zero-order chi connectivity index (χ0) is 19.6. The number of halogens is 1. The summed E-state index contributed by atoms with van der Waals surface area (Å²) in [5.74, 6) is -1.30. The number of carbonyl (C=O) groups excluding carboxylic acids is 2. The maximum absolute atomic E-state index is 12.0. The molecule has 27 heavy (non-hydrogen) atoms. The molecule has 150 valence electrons. The topological polar surface area (TPSA) is 94.6 Å². The molecule has 2 aliphatic heterocycles. The van der Waals surface area contributed by atoms with E-state index in [1.165, 1.54) is 12.5 Å². The standard InChI is InChI=1S/C19H25ClO7/c1-10-4-5-18(8-24-11(2)21)12(6-10)26-16-14(23)15(27-13(22)7-20)17(18,3)19(16)9-25-19/h6,12,14-16,23H,4-5,7-9H2,1-3H3/t12-,14-,15+,16-,17-,18-,19+/m0/s1. The van der Waals surface area contributed by atoms with Crippen molar-refractivity contribution >= 4 is 23.5 Å². The zero-order valence-electron chi connectivity index (χ0n) is 15.7. The van der Waals surface area contributed by atoms with E-state index < -0.39 is 46.7 Å². The summed E-state index contributed by atoms with van der Waals surface area (Å²) in [6.07, 6.45) is 0.610. The molecule has 7 nitrogen and oxygen atoms in total. The van der Waals surface area contributed by atoms with Gasteiger partial charge in [-0.15, -0.1) is 11.6 Å². The second-order valence-corrected chi connectivity index (χ2v) is 8.61. The van der Waals surface area contributed by atoms with Gasteiger partial charge in [0.15, 0.2) is 0 Å². The number of aliphatic hydroxyl groups is 1. The quantitative estimate of drug-likeness (QED) is 0.329. The normalized spacial score (nSPS) is 47.2. The van der Waals surface area contributed by atoms with Gasteiger partial charge in [-0.2, -0.15) is 0 Å². The van der Waals surface area contributed by atoms with E-state index in [0.717, 1.165) is 6.42 Å². The molecule has 7 atom stereocenters. The van der Waals surface area contributed by atoms with E-state index in [0.29, 0.717) is 13.0 Å². The first-order valence-electron chi connectivity index (χ1n) is 9.25. The Labute approximate surface area is 162 Å². The second-order valence-electron chi connectivity index (χ2n) is 8.34. The van der Waals surface area contributed by atoms with Crippen LogP contribution in [0.1, 0.15) is 33.6 Å². The molecule has 0 radical (unpaired) electrons. The molecule has 2 saturated heterocycles. The van der Waals surface area contributed by atoms with E-state index in [1.54, 1.807) is 0 Å². The average Bonchev–Trinajstić information content (AvgIpc) is 3.41. The summed E-state index contributed by atoms with van der Waals surface area (Å²) in [5.41, 5.74) is -1.06. The maximum atomic E-state index is 12.0. The van der Waals surface area contributed by atoms with Gasteiger partial charge in [-0.25, -0.2) is 0 Å². The van der Waals surface area contributed by atoms with Gasteiger partial charge in [-0.05, 0) is 19.8 Å². The van der Waals surface area contributed by atoms with Crippen LogP contribution in [0, 0.1) is 10.8 Å². The van der Waals surface area contributed by atoms with Crippen molar-refractivity contribution in [1.82, 2.24) is 0 Å². The second kappa shape index (κ2) is 6.17. The van der Waals surface area contributed by atoms with Crippen molar-refractivity contribution < 1.29 is 33.6 Å². The minimum atomic E-state index is -1.04. The average molecular weight is 401 g/mol. The first-order chi connectivity index (χ1) is 12.7. The van der Waals surface area contributed by atoms with Crippen molar-refractivity contribution in [1.29, 1.82) is 0 Å². The van der Waals surface area contributed by atoms with E-state index in [1.807, 2.05) is 19.9 Å². The summed E-state index contributed by atoms with van der Waals surface area (Å²) in [5, 5.41) is 11.0. The van der Waals surface area contributed by atoms with Gasteiger partial charge < -0.3 is 24.1 Å². The molecule has 2 bridgehead atoms. The molecule has 0 aromatic heterocycles. The van der Waals surface area contributed by atoms with Crippen molar-refractivity contribution in [2.45, 2.75) is 63.6 Å². The van der Waals surface area contributed by atoms with Crippen molar-refractivity contribution in [3.05, 3.63) is 11.6 Å². The third kappa shape index (κ3) is 2.38. The lowest BCUT2D eigenvalue weighted by Gasteiger charge is -2.58. The number of allylic oxidation sites excluding steroid dienone is 1. The van der Waals surface area contributed by atoms with Crippen LogP contribution < -0.4 is 0 Å². The third-order valence-corrected chi connectivity index (χ3v) is 7.38. The van der Waals surface area contributed by atoms with Crippen molar-refractivity contribution in [2.75, 3.05) is 19.1 Å². The van der Waals surface area contributed by atoms with E-state index in [-0.39, 0.29) is 18.6 Å². The van der Waals surface area contributed by atoms with Crippen LogP contribution in [0.15, 0.2) is 11.6 Å². The van der Waals surface area contributed by atoms with Crippen molar-refractivity contribution in [3.63, 3.8) is 0 Å². The molecule has 2 heterocycles. The molecule has 1 spiro atoms. The highest BCUT2D eigenvalue weighted by Crippen LogP contribution is 2.72. The molecule has 4 rings (SSSR count). The zero-order valence-corrected chi connectivity index (χ0v) is 16.5. The fourth-order valence-corrected chi connectivity index (χ4v) is 5.65. The summed E-state index contributed by atoms with van der Waals surface area (Å²) in [7, 11) is 0. The molecule has 0 amide bonds. The number of hydrogen-bond acceptors (Lipinski definition) is 7. The number of alkyl halides is 1. The lowest BCUT2D eigenvalue weighted by atomic mass is 9.51. The van der Waals surface area contributed by atoms with Crippen LogP contribution in [0.4, 0.5) is 0 Å². The molecule has 0 aromatic rings. The number of rotatable bonds is 4. The van der Waals surface area contributed by atoms with Gasteiger partial charge in [0.1, 0.15) is 36.4 Å². The number of fused-ring (bicyclic) bond motifs is 2. The summed E-state index contributed by atoms with van der Waals surface area (Å²) in [4.78, 5) is 23.6. The molecule has 1 N–H and O–H groups in total. The molecule has 1 saturated carbocycles. The Kier molecular flexibility index (Phi) is 4.39. The lowest BCUT2D eigenvalue weighted by Crippen LogP contribution is -2.66. The van der Waals surface area contributed by atoms with Gasteiger partial charge in [0, 0.05) is 12.3 Å². The number of epoxide rings is 1.